The summed E-state index contributed by atoms with van der Waals surface area (Å²) in [5.74, 6) is 0.254. The second-order valence-electron chi connectivity index (χ2n) is 4.57. The maximum atomic E-state index is 12.1. The Morgan fingerprint density at radius 1 is 1.44 bits per heavy atom. The van der Waals surface area contributed by atoms with E-state index in [-0.39, 0.29) is 5.91 Å². The van der Waals surface area contributed by atoms with Crippen LogP contribution in [0.5, 0.6) is 0 Å². The summed E-state index contributed by atoms with van der Waals surface area (Å²) in [7, 11) is 3.48. The van der Waals surface area contributed by atoms with Crippen molar-refractivity contribution in [3.63, 3.8) is 0 Å². The lowest BCUT2D eigenvalue weighted by atomic mass is 10.1. The van der Waals surface area contributed by atoms with E-state index in [2.05, 4.69) is 10.6 Å². The molecule has 0 saturated heterocycles. The number of hydrogen-bond acceptors (Lipinski definition) is 3. The number of hydrogen-bond donors (Lipinski definition) is 2. The number of aryl methyl sites for hydroxylation is 1. The van der Waals surface area contributed by atoms with Crippen LogP contribution in [0, 0.1) is 12.8 Å². The first kappa shape index (κ1) is 14.5. The van der Waals surface area contributed by atoms with Crippen LogP contribution in [0.25, 0.3) is 0 Å². The number of benzene rings is 1. The fourth-order valence-electron chi connectivity index (χ4n) is 1.77. The molecule has 0 aromatic heterocycles. The molecule has 0 aliphatic carbocycles. The van der Waals surface area contributed by atoms with Gasteiger partial charge in [0.1, 0.15) is 0 Å². The number of carbonyl (C=O) groups is 1. The molecule has 2 N–H and O–H groups in total. The number of methoxy groups -OCH3 is 1. The molecule has 4 nitrogen and oxygen atoms in total. The van der Waals surface area contributed by atoms with Gasteiger partial charge >= 0.3 is 0 Å². The fraction of sp³-hybridized carbons (Fsp3) is 0.500. The Kier molecular flexibility index (Phi) is 5.65. The van der Waals surface area contributed by atoms with Gasteiger partial charge in [-0.15, -0.1) is 0 Å². The van der Waals surface area contributed by atoms with Gasteiger partial charge in [0.15, 0.2) is 0 Å². The average molecular weight is 250 g/mol. The van der Waals surface area contributed by atoms with Crippen molar-refractivity contribution in [3.8, 4) is 0 Å². The van der Waals surface area contributed by atoms with Crippen LogP contribution in [0.4, 0.5) is 5.69 Å². The molecule has 1 amide bonds. The van der Waals surface area contributed by atoms with Gasteiger partial charge in [-0.25, -0.2) is 0 Å². The lowest BCUT2D eigenvalue weighted by Gasteiger charge is -2.13. The molecule has 0 saturated carbocycles. The third kappa shape index (κ3) is 4.04. The van der Waals surface area contributed by atoms with E-state index >= 15 is 0 Å². The molecular weight excluding hydrogens is 228 g/mol. The maximum absolute atomic E-state index is 12.1. The van der Waals surface area contributed by atoms with Crippen LogP contribution in [-0.4, -0.2) is 33.2 Å². The van der Waals surface area contributed by atoms with Gasteiger partial charge in [0, 0.05) is 26.4 Å². The van der Waals surface area contributed by atoms with Gasteiger partial charge in [0.2, 0.25) is 0 Å². The minimum atomic E-state index is -0.0534. The van der Waals surface area contributed by atoms with Crippen LogP contribution in [0.15, 0.2) is 18.2 Å². The van der Waals surface area contributed by atoms with Crippen molar-refractivity contribution in [2.45, 2.75) is 13.8 Å². The molecule has 1 unspecified atom stereocenters. The molecule has 1 aromatic carbocycles. The Labute approximate surface area is 109 Å². The SMILES string of the molecule is CNc1cc(C)ccc1C(=O)NCC(C)COC. The van der Waals surface area contributed by atoms with Crippen molar-refractivity contribution in [1.29, 1.82) is 0 Å². The molecule has 0 aliphatic rings. The zero-order valence-electron chi connectivity index (χ0n) is 11.5. The number of ether oxygens (including phenoxy) is 1. The van der Waals surface area contributed by atoms with E-state index in [1.807, 2.05) is 39.1 Å². The first-order chi connectivity index (χ1) is 8.58. The van der Waals surface area contributed by atoms with Crippen LogP contribution in [0.1, 0.15) is 22.8 Å². The third-order valence-electron chi connectivity index (χ3n) is 2.75. The summed E-state index contributed by atoms with van der Waals surface area (Å²) in [4.78, 5) is 12.1. The minimum absolute atomic E-state index is 0.0534. The van der Waals surface area contributed by atoms with Gasteiger partial charge < -0.3 is 15.4 Å². The normalized spacial score (nSPS) is 12.0. The Balaban J connectivity index is 2.66. The highest BCUT2D eigenvalue weighted by atomic mass is 16.5. The summed E-state index contributed by atoms with van der Waals surface area (Å²) in [6, 6.07) is 5.75. The van der Waals surface area contributed by atoms with Crippen molar-refractivity contribution in [2.75, 3.05) is 32.6 Å². The highest BCUT2D eigenvalue weighted by Gasteiger charge is 2.11. The Bertz CT molecular complexity index is 405. The number of rotatable bonds is 6. The number of carbonyl (C=O) groups excluding carboxylic acids is 1. The lowest BCUT2D eigenvalue weighted by Crippen LogP contribution is -2.30. The van der Waals surface area contributed by atoms with Crippen LogP contribution in [0.2, 0.25) is 0 Å². The number of amides is 1. The molecule has 0 spiro atoms. The fourth-order valence-corrected chi connectivity index (χ4v) is 1.77. The zero-order chi connectivity index (χ0) is 13.5. The highest BCUT2D eigenvalue weighted by molar-refractivity contribution is 5.99. The van der Waals surface area contributed by atoms with Gasteiger partial charge in [-0.2, -0.15) is 0 Å². The summed E-state index contributed by atoms with van der Waals surface area (Å²) in [6.45, 7) is 5.30. The van der Waals surface area contributed by atoms with Crippen LogP contribution in [0.3, 0.4) is 0 Å². The van der Waals surface area contributed by atoms with Crippen molar-refractivity contribution in [2.24, 2.45) is 5.92 Å². The summed E-state index contributed by atoms with van der Waals surface area (Å²) in [5, 5.41) is 5.96. The smallest absolute Gasteiger partial charge is 0.253 e. The molecule has 1 atom stereocenters. The Morgan fingerprint density at radius 2 is 2.17 bits per heavy atom. The first-order valence-corrected chi connectivity index (χ1v) is 6.14. The molecule has 0 bridgehead atoms. The second-order valence-corrected chi connectivity index (χ2v) is 4.57. The van der Waals surface area contributed by atoms with E-state index in [1.165, 1.54) is 0 Å². The molecule has 0 fully saturated rings. The number of nitrogens with one attached hydrogen (secondary N) is 2. The summed E-state index contributed by atoms with van der Waals surface area (Å²) >= 11 is 0. The second kappa shape index (κ2) is 7.01. The van der Waals surface area contributed by atoms with E-state index in [0.717, 1.165) is 11.3 Å². The van der Waals surface area contributed by atoms with Crippen molar-refractivity contribution >= 4 is 11.6 Å². The van der Waals surface area contributed by atoms with E-state index < -0.39 is 0 Å². The molecule has 1 rings (SSSR count). The van der Waals surface area contributed by atoms with Crippen LogP contribution in [-0.2, 0) is 4.74 Å². The first-order valence-electron chi connectivity index (χ1n) is 6.14. The lowest BCUT2D eigenvalue weighted by molar-refractivity contribution is 0.0935. The largest absolute Gasteiger partial charge is 0.387 e. The Hall–Kier alpha value is -1.55. The molecular formula is C14H22N2O2. The van der Waals surface area contributed by atoms with E-state index in [0.29, 0.717) is 24.6 Å². The summed E-state index contributed by atoms with van der Waals surface area (Å²) in [6.07, 6.45) is 0. The summed E-state index contributed by atoms with van der Waals surface area (Å²) in [5.41, 5.74) is 2.66. The van der Waals surface area contributed by atoms with Gasteiger partial charge in [0.05, 0.1) is 12.2 Å². The topological polar surface area (TPSA) is 50.4 Å². The molecule has 0 radical (unpaired) electrons. The predicted octanol–water partition coefficient (Wildman–Crippen LogP) is 2.05. The number of anilines is 1. The van der Waals surface area contributed by atoms with Crippen molar-refractivity contribution < 1.29 is 9.53 Å². The average Bonchev–Trinajstić information content (AvgIpc) is 2.36. The molecule has 1 aromatic rings. The molecule has 100 valence electrons. The Morgan fingerprint density at radius 3 is 2.78 bits per heavy atom. The zero-order valence-corrected chi connectivity index (χ0v) is 11.5. The van der Waals surface area contributed by atoms with Crippen molar-refractivity contribution in [1.82, 2.24) is 5.32 Å². The van der Waals surface area contributed by atoms with Gasteiger partial charge in [-0.3, -0.25) is 4.79 Å². The van der Waals surface area contributed by atoms with Crippen molar-refractivity contribution in [3.05, 3.63) is 29.3 Å². The predicted molar refractivity (Wildman–Crippen MR) is 74.1 cm³/mol. The minimum Gasteiger partial charge on any atom is -0.387 e. The van der Waals surface area contributed by atoms with E-state index in [1.54, 1.807) is 7.11 Å². The molecule has 0 heterocycles. The highest BCUT2D eigenvalue weighted by Crippen LogP contribution is 2.16. The summed E-state index contributed by atoms with van der Waals surface area (Å²) < 4.78 is 5.04. The third-order valence-corrected chi connectivity index (χ3v) is 2.75. The van der Waals surface area contributed by atoms with Gasteiger partial charge in [-0.05, 0) is 30.5 Å². The van der Waals surface area contributed by atoms with Crippen LogP contribution >= 0.6 is 0 Å². The quantitative estimate of drug-likeness (QED) is 0.812. The standard InChI is InChI=1S/C14H22N2O2/c1-10-5-6-12(13(7-10)15-3)14(17)16-8-11(2)9-18-4/h5-7,11,15H,8-9H2,1-4H3,(H,16,17). The van der Waals surface area contributed by atoms with E-state index in [9.17, 15) is 4.79 Å². The van der Waals surface area contributed by atoms with Crippen LogP contribution < -0.4 is 10.6 Å². The van der Waals surface area contributed by atoms with Gasteiger partial charge in [0.25, 0.3) is 5.91 Å². The molecule has 4 heteroatoms. The maximum Gasteiger partial charge on any atom is 0.253 e. The monoisotopic (exact) mass is 250 g/mol. The molecule has 0 aliphatic heterocycles. The van der Waals surface area contributed by atoms with E-state index in [4.69, 9.17) is 4.74 Å². The van der Waals surface area contributed by atoms with Gasteiger partial charge in [-0.1, -0.05) is 13.0 Å². The molecule has 18 heavy (non-hydrogen) atoms.